The first kappa shape index (κ1) is 21.1. The van der Waals surface area contributed by atoms with Crippen molar-refractivity contribution in [1.82, 2.24) is 9.47 Å². The number of hydrogen-bond acceptors (Lipinski definition) is 2. The van der Waals surface area contributed by atoms with Crippen molar-refractivity contribution in [2.45, 2.75) is 39.9 Å². The van der Waals surface area contributed by atoms with Crippen LogP contribution in [-0.4, -0.2) is 23.1 Å². The van der Waals surface area contributed by atoms with Gasteiger partial charge in [0.25, 0.3) is 0 Å². The van der Waals surface area contributed by atoms with Gasteiger partial charge in [-0.3, -0.25) is 4.90 Å². The molecule has 3 nitrogen and oxygen atoms in total. The minimum Gasteiger partial charge on any atom is -0.497 e. The largest absolute Gasteiger partial charge is 0.497 e. The van der Waals surface area contributed by atoms with Crippen molar-refractivity contribution < 1.29 is 9.13 Å². The lowest BCUT2D eigenvalue weighted by Crippen LogP contribution is -2.26. The van der Waals surface area contributed by atoms with E-state index in [1.165, 1.54) is 17.3 Å². The van der Waals surface area contributed by atoms with Gasteiger partial charge < -0.3 is 9.30 Å². The van der Waals surface area contributed by atoms with Crippen LogP contribution in [0, 0.1) is 11.7 Å². The van der Waals surface area contributed by atoms with E-state index < -0.39 is 0 Å². The molecule has 0 aliphatic heterocycles. The molecule has 0 radical (unpaired) electrons. The average molecular weight is 395 g/mol. The number of aromatic nitrogens is 1. The Bertz CT molecular complexity index is 903. The summed E-state index contributed by atoms with van der Waals surface area (Å²) in [6.45, 7) is 7.75. The van der Waals surface area contributed by atoms with Gasteiger partial charge in [-0.2, -0.15) is 0 Å². The van der Waals surface area contributed by atoms with E-state index >= 15 is 0 Å². The molecule has 4 heteroatoms. The zero-order valence-corrected chi connectivity index (χ0v) is 17.6. The summed E-state index contributed by atoms with van der Waals surface area (Å²) in [5.74, 6) is 1.38. The maximum absolute atomic E-state index is 14.1. The van der Waals surface area contributed by atoms with Crippen molar-refractivity contribution >= 4 is 0 Å². The van der Waals surface area contributed by atoms with Crippen molar-refractivity contribution in [3.63, 3.8) is 0 Å². The van der Waals surface area contributed by atoms with Crippen molar-refractivity contribution in [3.05, 3.63) is 89.5 Å². The topological polar surface area (TPSA) is 17.4 Å². The zero-order chi connectivity index (χ0) is 20.6. The van der Waals surface area contributed by atoms with Crippen LogP contribution in [0.2, 0.25) is 0 Å². The Morgan fingerprint density at radius 2 is 1.83 bits per heavy atom. The predicted octanol–water partition coefficient (Wildman–Crippen LogP) is 5.73. The van der Waals surface area contributed by atoms with Gasteiger partial charge in [0.05, 0.1) is 13.7 Å². The number of ether oxygens (including phenoxy) is 1. The van der Waals surface area contributed by atoms with Crippen molar-refractivity contribution in [2.24, 2.45) is 5.92 Å². The Kier molecular flexibility index (Phi) is 7.48. The second kappa shape index (κ2) is 10.3. The lowest BCUT2D eigenvalue weighted by Gasteiger charge is -2.24. The SMILES string of the molecule is COc1cccc(CN(CCC(C)C)Cc2cccn2Cc2ccccc2F)c1. The van der Waals surface area contributed by atoms with Crippen LogP contribution < -0.4 is 4.74 Å². The maximum Gasteiger partial charge on any atom is 0.128 e. The fourth-order valence-electron chi connectivity index (χ4n) is 3.47. The molecule has 0 spiro atoms. The Labute approximate surface area is 173 Å². The molecule has 1 aromatic heterocycles. The fourth-order valence-corrected chi connectivity index (χ4v) is 3.47. The Hall–Kier alpha value is -2.59. The molecule has 29 heavy (non-hydrogen) atoms. The first-order chi connectivity index (χ1) is 14.0. The third kappa shape index (κ3) is 6.20. The summed E-state index contributed by atoms with van der Waals surface area (Å²) in [5.41, 5.74) is 3.15. The van der Waals surface area contributed by atoms with Gasteiger partial charge in [-0.05, 0) is 54.8 Å². The molecule has 0 aliphatic carbocycles. The van der Waals surface area contributed by atoms with Gasteiger partial charge in [-0.25, -0.2) is 4.39 Å². The van der Waals surface area contributed by atoms with Gasteiger partial charge in [-0.15, -0.1) is 0 Å². The maximum atomic E-state index is 14.1. The highest BCUT2D eigenvalue weighted by Crippen LogP contribution is 2.18. The lowest BCUT2D eigenvalue weighted by atomic mass is 10.1. The van der Waals surface area contributed by atoms with Gasteiger partial charge in [0.1, 0.15) is 11.6 Å². The molecular formula is C25H31FN2O. The van der Waals surface area contributed by atoms with E-state index in [9.17, 15) is 4.39 Å². The molecule has 0 fully saturated rings. The van der Waals surface area contributed by atoms with Crippen LogP contribution in [0.4, 0.5) is 4.39 Å². The molecule has 0 bridgehead atoms. The van der Waals surface area contributed by atoms with Crippen molar-refractivity contribution in [2.75, 3.05) is 13.7 Å². The molecule has 0 saturated carbocycles. The van der Waals surface area contributed by atoms with Crippen LogP contribution in [0.1, 0.15) is 37.1 Å². The molecule has 154 valence electrons. The lowest BCUT2D eigenvalue weighted by molar-refractivity contribution is 0.235. The van der Waals surface area contributed by atoms with Crippen LogP contribution in [-0.2, 0) is 19.6 Å². The molecule has 2 aromatic carbocycles. The number of methoxy groups -OCH3 is 1. The molecule has 1 heterocycles. The van der Waals surface area contributed by atoms with Crippen LogP contribution in [0.15, 0.2) is 66.9 Å². The molecule has 0 unspecified atom stereocenters. The molecule has 0 saturated heterocycles. The normalized spacial score (nSPS) is 11.4. The van der Waals surface area contributed by atoms with Gasteiger partial charge >= 0.3 is 0 Å². The Balaban J connectivity index is 1.75. The number of nitrogens with zero attached hydrogens (tertiary/aromatic N) is 2. The summed E-state index contributed by atoms with van der Waals surface area (Å²) in [6, 6.07) is 19.4. The van der Waals surface area contributed by atoms with Gasteiger partial charge in [0.2, 0.25) is 0 Å². The summed E-state index contributed by atoms with van der Waals surface area (Å²) in [7, 11) is 1.70. The third-order valence-corrected chi connectivity index (χ3v) is 5.17. The minimum absolute atomic E-state index is 0.153. The van der Waals surface area contributed by atoms with Crippen molar-refractivity contribution in [1.29, 1.82) is 0 Å². The summed E-state index contributed by atoms with van der Waals surface area (Å²) < 4.78 is 21.6. The van der Waals surface area contributed by atoms with E-state index in [0.29, 0.717) is 18.0 Å². The van der Waals surface area contributed by atoms with E-state index in [2.05, 4.69) is 41.5 Å². The highest BCUT2D eigenvalue weighted by molar-refractivity contribution is 5.28. The number of benzene rings is 2. The average Bonchev–Trinajstić information content (AvgIpc) is 3.14. The van der Waals surface area contributed by atoms with Gasteiger partial charge in [0.15, 0.2) is 0 Å². The second-order valence-electron chi connectivity index (χ2n) is 7.96. The standard InChI is InChI=1S/C25H31FN2O/c1-20(2)13-15-27(17-21-8-6-11-24(16-21)29-3)19-23-10-7-14-28(23)18-22-9-4-5-12-25(22)26/h4-12,14,16,20H,13,15,17-19H2,1-3H3. The fraction of sp³-hybridized carbons (Fsp3) is 0.360. The molecule has 0 amide bonds. The van der Waals surface area contributed by atoms with Crippen LogP contribution in [0.5, 0.6) is 5.75 Å². The zero-order valence-electron chi connectivity index (χ0n) is 17.6. The monoisotopic (exact) mass is 394 g/mol. The predicted molar refractivity (Wildman–Crippen MR) is 116 cm³/mol. The van der Waals surface area contributed by atoms with E-state index in [1.54, 1.807) is 13.2 Å². The molecule has 0 atom stereocenters. The minimum atomic E-state index is -0.153. The van der Waals surface area contributed by atoms with Crippen LogP contribution >= 0.6 is 0 Å². The molecule has 0 aliphatic rings. The smallest absolute Gasteiger partial charge is 0.128 e. The molecule has 0 N–H and O–H groups in total. The van der Waals surface area contributed by atoms with Crippen LogP contribution in [0.25, 0.3) is 0 Å². The van der Waals surface area contributed by atoms with E-state index in [-0.39, 0.29) is 5.82 Å². The quantitative estimate of drug-likeness (QED) is 0.437. The third-order valence-electron chi connectivity index (χ3n) is 5.17. The van der Waals surface area contributed by atoms with E-state index in [1.807, 2.05) is 36.5 Å². The molecule has 3 rings (SSSR count). The second-order valence-corrected chi connectivity index (χ2v) is 7.96. The first-order valence-corrected chi connectivity index (χ1v) is 10.3. The summed E-state index contributed by atoms with van der Waals surface area (Å²) in [5, 5.41) is 0. The van der Waals surface area contributed by atoms with Crippen molar-refractivity contribution in [3.8, 4) is 5.75 Å². The van der Waals surface area contributed by atoms with Crippen LogP contribution in [0.3, 0.4) is 0 Å². The molecular weight excluding hydrogens is 363 g/mol. The summed E-state index contributed by atoms with van der Waals surface area (Å²) in [6.07, 6.45) is 3.17. The highest BCUT2D eigenvalue weighted by atomic mass is 19.1. The Morgan fingerprint density at radius 3 is 2.59 bits per heavy atom. The number of rotatable bonds is 10. The summed E-state index contributed by atoms with van der Waals surface area (Å²) >= 11 is 0. The highest BCUT2D eigenvalue weighted by Gasteiger charge is 2.12. The van der Waals surface area contributed by atoms with Gasteiger partial charge in [-0.1, -0.05) is 44.2 Å². The van der Waals surface area contributed by atoms with E-state index in [0.717, 1.165) is 31.8 Å². The molecule has 3 aromatic rings. The van der Waals surface area contributed by atoms with Gasteiger partial charge in [0, 0.05) is 30.5 Å². The number of hydrogen-bond donors (Lipinski definition) is 0. The summed E-state index contributed by atoms with van der Waals surface area (Å²) in [4.78, 5) is 2.46. The Morgan fingerprint density at radius 1 is 1.00 bits per heavy atom. The first-order valence-electron chi connectivity index (χ1n) is 10.3. The van der Waals surface area contributed by atoms with E-state index in [4.69, 9.17) is 4.74 Å². The number of halogens is 1.